The summed E-state index contributed by atoms with van der Waals surface area (Å²) in [7, 11) is 0. The van der Waals surface area contributed by atoms with Crippen LogP contribution < -0.4 is 4.74 Å². The summed E-state index contributed by atoms with van der Waals surface area (Å²) in [6.45, 7) is -2.00. The molecule has 8 atom stereocenters. The molecule has 0 unspecified atom stereocenters. The fraction of sp³-hybridized carbons (Fsp3) is 0.423. The zero-order valence-corrected chi connectivity index (χ0v) is 20.5. The Kier molecular flexibility index (Phi) is 8.86. The molecule has 212 valence electrons. The highest BCUT2D eigenvalue weighted by Gasteiger charge is 2.53. The van der Waals surface area contributed by atoms with Gasteiger partial charge in [0, 0.05) is 6.07 Å². The Bertz CT molecular complexity index is 1170. The molecule has 8 N–H and O–H groups in total. The molecule has 2 aromatic rings. The van der Waals surface area contributed by atoms with Crippen molar-refractivity contribution in [1.29, 1.82) is 0 Å². The van der Waals surface area contributed by atoms with E-state index in [-0.39, 0.29) is 17.1 Å². The molecule has 39 heavy (non-hydrogen) atoms. The summed E-state index contributed by atoms with van der Waals surface area (Å²) in [6, 6.07) is 9.85. The Morgan fingerprint density at radius 2 is 1.74 bits per heavy atom. The zero-order chi connectivity index (χ0) is 28.3. The number of aliphatic hydroxyl groups is 6. The first-order valence-corrected chi connectivity index (χ1v) is 12.0. The van der Waals surface area contributed by atoms with E-state index >= 15 is 0 Å². The maximum absolute atomic E-state index is 12.6. The molecule has 0 bridgehead atoms. The Hall–Kier alpha value is -3.11. The summed E-state index contributed by atoms with van der Waals surface area (Å²) in [6.07, 6.45) is -8.18. The van der Waals surface area contributed by atoms with Gasteiger partial charge in [-0.05, 0) is 35.9 Å². The average molecular weight is 551 g/mol. The van der Waals surface area contributed by atoms with Crippen molar-refractivity contribution in [3.05, 3.63) is 59.7 Å². The van der Waals surface area contributed by atoms with Crippen LogP contribution in [-0.4, -0.2) is 115 Å². The van der Waals surface area contributed by atoms with E-state index in [0.29, 0.717) is 5.56 Å². The second-order valence-electron chi connectivity index (χ2n) is 9.28. The quantitative estimate of drug-likeness (QED) is 0.134. The van der Waals surface area contributed by atoms with Gasteiger partial charge in [0.15, 0.2) is 18.2 Å². The molecule has 4 rings (SSSR count). The normalized spacial score (nSPS) is 32.9. The summed E-state index contributed by atoms with van der Waals surface area (Å²) in [5, 5.41) is 80.2. The number of aliphatic hydroxyl groups excluding tert-OH is 5. The first-order valence-electron chi connectivity index (χ1n) is 12.0. The number of phenols is 2. The van der Waals surface area contributed by atoms with Crippen LogP contribution in [0.15, 0.2) is 48.5 Å². The molecule has 2 aliphatic rings. The van der Waals surface area contributed by atoms with Gasteiger partial charge in [-0.3, -0.25) is 4.79 Å². The third-order valence-electron chi connectivity index (χ3n) is 6.50. The fourth-order valence-corrected chi connectivity index (χ4v) is 4.13. The van der Waals surface area contributed by atoms with Crippen LogP contribution in [0.3, 0.4) is 0 Å². The summed E-state index contributed by atoms with van der Waals surface area (Å²) >= 11 is 0. The second kappa shape index (κ2) is 12.0. The van der Waals surface area contributed by atoms with Gasteiger partial charge in [0.25, 0.3) is 0 Å². The largest absolute Gasteiger partial charge is 0.508 e. The number of benzene rings is 2. The van der Waals surface area contributed by atoms with E-state index in [1.807, 2.05) is 0 Å². The van der Waals surface area contributed by atoms with Crippen LogP contribution in [0.25, 0.3) is 6.08 Å². The summed E-state index contributed by atoms with van der Waals surface area (Å²) in [5.74, 6) is -0.926. The predicted molar refractivity (Wildman–Crippen MR) is 131 cm³/mol. The van der Waals surface area contributed by atoms with Crippen LogP contribution in [0.5, 0.6) is 17.2 Å². The molecule has 2 aliphatic heterocycles. The number of rotatable bonds is 9. The SMILES string of the molecule is O=C(C=Cc1ccc(O)cc1)c1ccc(O[C@@H]2O[C@H](CO)[C@@H](O)[C@H](O)[C@H]2O[C@@H]2OC[C@@](O)(CO)[C@@H]2O)cc1O. The molecule has 2 heterocycles. The zero-order valence-electron chi connectivity index (χ0n) is 20.5. The Morgan fingerprint density at radius 3 is 2.36 bits per heavy atom. The lowest BCUT2D eigenvalue weighted by Crippen LogP contribution is -2.62. The molecule has 2 saturated heterocycles. The molecule has 2 fully saturated rings. The topological polar surface area (TPSA) is 216 Å². The van der Waals surface area contributed by atoms with Crippen LogP contribution in [0.1, 0.15) is 15.9 Å². The third kappa shape index (κ3) is 6.22. The Balaban J connectivity index is 1.50. The minimum absolute atomic E-state index is 0.0369. The highest BCUT2D eigenvalue weighted by atomic mass is 16.8. The van der Waals surface area contributed by atoms with E-state index in [2.05, 4.69) is 0 Å². The number of carbonyl (C=O) groups is 1. The molecular weight excluding hydrogens is 520 g/mol. The molecule has 0 radical (unpaired) electrons. The van der Waals surface area contributed by atoms with Gasteiger partial charge >= 0.3 is 0 Å². The van der Waals surface area contributed by atoms with E-state index in [4.69, 9.17) is 18.9 Å². The number of hydrogen-bond donors (Lipinski definition) is 8. The fourth-order valence-electron chi connectivity index (χ4n) is 4.13. The van der Waals surface area contributed by atoms with E-state index in [9.17, 15) is 45.6 Å². The van der Waals surface area contributed by atoms with Crippen molar-refractivity contribution in [1.82, 2.24) is 0 Å². The lowest BCUT2D eigenvalue weighted by Gasteiger charge is -2.42. The van der Waals surface area contributed by atoms with Crippen molar-refractivity contribution in [2.45, 2.75) is 48.7 Å². The van der Waals surface area contributed by atoms with Gasteiger partial charge in [0.05, 0.1) is 25.4 Å². The summed E-state index contributed by atoms with van der Waals surface area (Å²) in [5.41, 5.74) is -1.42. The highest BCUT2D eigenvalue weighted by molar-refractivity contribution is 6.08. The van der Waals surface area contributed by atoms with E-state index in [1.54, 1.807) is 12.1 Å². The van der Waals surface area contributed by atoms with Crippen molar-refractivity contribution in [2.24, 2.45) is 0 Å². The second-order valence-corrected chi connectivity index (χ2v) is 9.28. The molecule has 13 heteroatoms. The van der Waals surface area contributed by atoms with E-state index in [0.717, 1.165) is 6.07 Å². The van der Waals surface area contributed by atoms with E-state index in [1.165, 1.54) is 36.4 Å². The minimum atomic E-state index is -2.02. The lowest BCUT2D eigenvalue weighted by molar-refractivity contribution is -0.318. The number of hydrogen-bond acceptors (Lipinski definition) is 13. The Morgan fingerprint density at radius 1 is 1.03 bits per heavy atom. The van der Waals surface area contributed by atoms with Crippen molar-refractivity contribution < 1.29 is 64.6 Å². The van der Waals surface area contributed by atoms with Gasteiger partial charge in [-0.1, -0.05) is 18.2 Å². The number of allylic oxidation sites excluding steroid dienone is 1. The number of aromatic hydroxyl groups is 2. The summed E-state index contributed by atoms with van der Waals surface area (Å²) < 4.78 is 22.0. The maximum atomic E-state index is 12.6. The molecule has 13 nitrogen and oxygen atoms in total. The van der Waals surface area contributed by atoms with Crippen molar-refractivity contribution in [2.75, 3.05) is 19.8 Å². The van der Waals surface area contributed by atoms with Crippen LogP contribution in [0.2, 0.25) is 0 Å². The number of carbonyl (C=O) groups excluding carboxylic acids is 1. The standard InChI is InChI=1S/C26H30O13/c27-10-19-20(32)21(33)22(39-25-23(34)26(35,11-28)12-36-25)24(38-19)37-15-6-7-16(18(31)9-15)17(30)8-3-13-1-4-14(29)5-2-13/h1-9,19-25,27-29,31-35H,10-12H2/t19-,20-,21+,22-,23-,24-,25+,26+/m1/s1. The monoisotopic (exact) mass is 550 g/mol. The highest BCUT2D eigenvalue weighted by Crippen LogP contribution is 2.33. The average Bonchev–Trinajstić information content (AvgIpc) is 3.21. The predicted octanol–water partition coefficient (Wildman–Crippen LogP) is -1.36. The minimum Gasteiger partial charge on any atom is -0.508 e. The molecular formula is C26H30O13. The van der Waals surface area contributed by atoms with Crippen molar-refractivity contribution >= 4 is 11.9 Å². The van der Waals surface area contributed by atoms with Gasteiger partial charge in [-0.2, -0.15) is 0 Å². The maximum Gasteiger partial charge on any atom is 0.229 e. The molecule has 0 aliphatic carbocycles. The first-order chi connectivity index (χ1) is 18.6. The smallest absolute Gasteiger partial charge is 0.229 e. The number of ketones is 1. The van der Waals surface area contributed by atoms with Crippen LogP contribution >= 0.6 is 0 Å². The van der Waals surface area contributed by atoms with Crippen molar-refractivity contribution in [3.63, 3.8) is 0 Å². The molecule has 0 aromatic heterocycles. The molecule has 2 aromatic carbocycles. The Labute approximate surface area is 222 Å². The number of phenolic OH excluding ortho intramolecular Hbond substituents is 2. The van der Waals surface area contributed by atoms with Crippen LogP contribution in [0, 0.1) is 0 Å². The van der Waals surface area contributed by atoms with E-state index < -0.39 is 80.1 Å². The van der Waals surface area contributed by atoms with Gasteiger partial charge in [-0.25, -0.2) is 0 Å². The van der Waals surface area contributed by atoms with Crippen LogP contribution in [-0.2, 0) is 14.2 Å². The van der Waals surface area contributed by atoms with Gasteiger partial charge in [0.1, 0.15) is 47.3 Å². The molecule has 0 spiro atoms. The first kappa shape index (κ1) is 28.9. The lowest BCUT2D eigenvalue weighted by atomic mass is 9.98. The van der Waals surface area contributed by atoms with Gasteiger partial charge in [0.2, 0.25) is 6.29 Å². The number of ether oxygens (including phenoxy) is 4. The molecule has 0 amide bonds. The molecule has 0 saturated carbocycles. The van der Waals surface area contributed by atoms with Crippen LogP contribution in [0.4, 0.5) is 0 Å². The third-order valence-corrected chi connectivity index (χ3v) is 6.50. The van der Waals surface area contributed by atoms with Gasteiger partial charge in [-0.15, -0.1) is 0 Å². The summed E-state index contributed by atoms with van der Waals surface area (Å²) in [4.78, 5) is 12.6. The van der Waals surface area contributed by atoms with Crippen molar-refractivity contribution in [3.8, 4) is 17.2 Å². The van der Waals surface area contributed by atoms with Gasteiger partial charge < -0.3 is 59.8 Å².